The van der Waals surface area contributed by atoms with Crippen molar-refractivity contribution in [2.24, 2.45) is 0 Å². The second kappa shape index (κ2) is 8.66. The lowest BCUT2D eigenvalue weighted by Gasteiger charge is -2.45. The topological polar surface area (TPSA) is 67.4 Å². The van der Waals surface area contributed by atoms with Gasteiger partial charge in [-0.25, -0.2) is 13.1 Å². The molecule has 31 heavy (non-hydrogen) atoms. The molecule has 0 aliphatic carbocycles. The summed E-state index contributed by atoms with van der Waals surface area (Å²) < 4.78 is 71.0. The van der Waals surface area contributed by atoms with Crippen molar-refractivity contribution in [3.63, 3.8) is 0 Å². The van der Waals surface area contributed by atoms with E-state index in [2.05, 4.69) is 26.1 Å². The van der Waals surface area contributed by atoms with Crippen LogP contribution in [-0.4, -0.2) is 47.5 Å². The highest BCUT2D eigenvalue weighted by atomic mass is 32.2. The number of hydrogen-bond acceptors (Lipinski definition) is 4. The minimum absolute atomic E-state index is 0.0537. The molecule has 1 aliphatic rings. The highest BCUT2D eigenvalue weighted by Crippen LogP contribution is 2.38. The molecule has 0 spiro atoms. The monoisotopic (exact) mass is 472 g/mol. The third kappa shape index (κ3) is 4.73. The summed E-state index contributed by atoms with van der Waals surface area (Å²) in [5.74, 6) is 0. The molecule has 2 N–H and O–H groups in total. The average Bonchev–Trinajstić information content (AvgIpc) is 3.11. The Morgan fingerprint density at radius 1 is 0.935 bits per heavy atom. The van der Waals surface area contributed by atoms with Crippen LogP contribution in [0.4, 0.5) is 13.2 Å². The lowest BCUT2D eigenvalue weighted by molar-refractivity contribution is -0.0453. The number of benzene rings is 2. The molecule has 2 atom stereocenters. The fraction of sp³-hybridized carbons (Fsp3) is 0.429. The number of alkyl halides is 3. The Balaban J connectivity index is 2.07. The van der Waals surface area contributed by atoms with E-state index in [1.807, 2.05) is 60.7 Å². The van der Waals surface area contributed by atoms with Gasteiger partial charge in [-0.1, -0.05) is 81.4 Å². The Morgan fingerprint density at radius 3 is 1.84 bits per heavy atom. The molecule has 0 unspecified atom stereocenters. The first-order valence-corrected chi connectivity index (χ1v) is 13.4. The summed E-state index contributed by atoms with van der Waals surface area (Å²) in [6.45, 7) is 6.46. The van der Waals surface area contributed by atoms with E-state index in [1.54, 1.807) is 4.72 Å². The second-order valence-electron chi connectivity index (χ2n) is 8.65. The molecule has 0 radical (unpaired) electrons. The van der Waals surface area contributed by atoms with Crippen molar-refractivity contribution in [2.45, 2.75) is 43.5 Å². The van der Waals surface area contributed by atoms with Crippen molar-refractivity contribution in [3.05, 3.63) is 60.7 Å². The van der Waals surface area contributed by atoms with E-state index in [9.17, 15) is 21.6 Å². The SMILES string of the molecule is CC(C)(C)[Si](O[C@@H]1CNC[C@H]1NS(=O)(=O)C(F)(F)F)(c1ccccc1)c1ccccc1. The number of halogens is 3. The van der Waals surface area contributed by atoms with Gasteiger partial charge in [0.25, 0.3) is 8.32 Å². The lowest BCUT2D eigenvalue weighted by Crippen LogP contribution is -2.69. The molecule has 3 rings (SSSR count). The molecule has 1 fully saturated rings. The van der Waals surface area contributed by atoms with Crippen molar-refractivity contribution in [1.82, 2.24) is 10.0 Å². The standard InChI is InChI=1S/C21H27F3N2O3SSi/c1-20(2,3)31(16-10-6-4-7-11-16,17-12-8-5-9-13-17)29-19-15-25-14-18(19)26-30(27,28)21(22,23)24/h4-13,18-19,25-26H,14-15H2,1-3H3/t18-,19-/m1/s1. The van der Waals surface area contributed by atoms with E-state index >= 15 is 0 Å². The van der Waals surface area contributed by atoms with Gasteiger partial charge < -0.3 is 9.74 Å². The normalized spacial score (nSPS) is 20.7. The van der Waals surface area contributed by atoms with Crippen LogP contribution in [0.3, 0.4) is 0 Å². The van der Waals surface area contributed by atoms with E-state index < -0.39 is 36.0 Å². The average molecular weight is 473 g/mol. The molecule has 2 aromatic rings. The highest BCUT2D eigenvalue weighted by Gasteiger charge is 2.54. The fourth-order valence-electron chi connectivity index (χ4n) is 4.08. The van der Waals surface area contributed by atoms with Gasteiger partial charge in [-0.3, -0.25) is 0 Å². The minimum atomic E-state index is -5.49. The summed E-state index contributed by atoms with van der Waals surface area (Å²) in [7, 11) is -8.52. The van der Waals surface area contributed by atoms with Crippen LogP contribution < -0.4 is 20.4 Å². The van der Waals surface area contributed by atoms with Crippen LogP contribution in [0, 0.1) is 0 Å². The summed E-state index contributed by atoms with van der Waals surface area (Å²) in [6.07, 6.45) is -0.761. The smallest absolute Gasteiger partial charge is 0.401 e. The predicted octanol–water partition coefficient (Wildman–Crippen LogP) is 2.34. The molecule has 1 saturated heterocycles. The van der Waals surface area contributed by atoms with E-state index in [4.69, 9.17) is 4.43 Å². The molecule has 10 heteroatoms. The van der Waals surface area contributed by atoms with Crippen LogP contribution in [0.2, 0.25) is 5.04 Å². The van der Waals surface area contributed by atoms with Crippen molar-refractivity contribution in [3.8, 4) is 0 Å². The van der Waals surface area contributed by atoms with E-state index in [-0.39, 0.29) is 18.1 Å². The Kier molecular flexibility index (Phi) is 6.69. The van der Waals surface area contributed by atoms with Gasteiger partial charge in [0.2, 0.25) is 0 Å². The molecule has 0 amide bonds. The first-order chi connectivity index (χ1) is 14.4. The largest absolute Gasteiger partial charge is 0.511 e. The lowest BCUT2D eigenvalue weighted by atomic mass is 10.2. The summed E-state index contributed by atoms with van der Waals surface area (Å²) in [4.78, 5) is 0. The van der Waals surface area contributed by atoms with Crippen LogP contribution in [0.25, 0.3) is 0 Å². The van der Waals surface area contributed by atoms with Gasteiger partial charge in [-0.2, -0.15) is 13.2 Å². The van der Waals surface area contributed by atoms with Gasteiger partial charge in [0.05, 0.1) is 12.1 Å². The number of nitrogens with one attached hydrogen (secondary N) is 2. The summed E-state index contributed by atoms with van der Waals surface area (Å²) in [5, 5.41) is 4.53. The number of sulfonamides is 1. The van der Waals surface area contributed by atoms with Gasteiger partial charge in [-0.05, 0) is 15.4 Å². The Bertz CT molecular complexity index is 941. The van der Waals surface area contributed by atoms with E-state index in [0.29, 0.717) is 0 Å². The second-order valence-corrected chi connectivity index (χ2v) is 14.6. The summed E-state index contributed by atoms with van der Waals surface area (Å²) in [5.41, 5.74) is -5.38. The van der Waals surface area contributed by atoms with E-state index in [0.717, 1.165) is 10.4 Å². The van der Waals surface area contributed by atoms with Gasteiger partial charge in [0.1, 0.15) is 0 Å². The Morgan fingerprint density at radius 2 is 1.42 bits per heavy atom. The van der Waals surface area contributed by atoms with Gasteiger partial charge in [0.15, 0.2) is 0 Å². The molecular weight excluding hydrogens is 445 g/mol. The molecule has 5 nitrogen and oxygen atoms in total. The fourth-order valence-corrected chi connectivity index (χ4v) is 9.56. The Labute approximate surface area is 182 Å². The first kappa shape index (κ1) is 23.9. The first-order valence-electron chi connectivity index (χ1n) is 9.97. The highest BCUT2D eigenvalue weighted by molar-refractivity contribution is 7.90. The molecule has 1 aliphatic heterocycles. The van der Waals surface area contributed by atoms with Crippen LogP contribution >= 0.6 is 0 Å². The van der Waals surface area contributed by atoms with Crippen LogP contribution in [0.15, 0.2) is 60.7 Å². The van der Waals surface area contributed by atoms with Crippen molar-refractivity contribution < 1.29 is 26.0 Å². The van der Waals surface area contributed by atoms with Crippen LogP contribution in [0.1, 0.15) is 20.8 Å². The van der Waals surface area contributed by atoms with Crippen molar-refractivity contribution >= 4 is 28.7 Å². The molecule has 170 valence electrons. The summed E-state index contributed by atoms with van der Waals surface area (Å²) in [6, 6.07) is 18.3. The number of hydrogen-bond donors (Lipinski definition) is 2. The molecule has 0 bridgehead atoms. The maximum absolute atomic E-state index is 13.0. The Hall–Kier alpha value is -1.72. The molecule has 2 aromatic carbocycles. The maximum atomic E-state index is 13.0. The zero-order valence-corrected chi connectivity index (χ0v) is 19.4. The van der Waals surface area contributed by atoms with Gasteiger partial charge in [0, 0.05) is 13.1 Å². The molecule has 0 saturated carbocycles. The van der Waals surface area contributed by atoms with Crippen molar-refractivity contribution in [1.29, 1.82) is 0 Å². The predicted molar refractivity (Wildman–Crippen MR) is 117 cm³/mol. The third-order valence-corrected chi connectivity index (χ3v) is 11.8. The number of rotatable bonds is 6. The third-order valence-electron chi connectivity index (χ3n) is 5.51. The van der Waals surface area contributed by atoms with Crippen LogP contribution in [-0.2, 0) is 14.4 Å². The molecule has 1 heterocycles. The van der Waals surface area contributed by atoms with Crippen molar-refractivity contribution in [2.75, 3.05) is 13.1 Å². The molecule has 0 aromatic heterocycles. The zero-order chi connectivity index (χ0) is 22.9. The zero-order valence-electron chi connectivity index (χ0n) is 17.6. The molecular formula is C21H27F3N2O3SSi. The summed E-state index contributed by atoms with van der Waals surface area (Å²) >= 11 is 0. The minimum Gasteiger partial charge on any atom is -0.401 e. The van der Waals surface area contributed by atoms with E-state index in [1.165, 1.54) is 0 Å². The maximum Gasteiger partial charge on any atom is 0.511 e. The van der Waals surface area contributed by atoms with Gasteiger partial charge >= 0.3 is 15.5 Å². The quantitative estimate of drug-likeness (QED) is 0.634. The van der Waals surface area contributed by atoms with Gasteiger partial charge in [-0.15, -0.1) is 0 Å². The van der Waals surface area contributed by atoms with Crippen LogP contribution in [0.5, 0.6) is 0 Å².